The zero-order valence-electron chi connectivity index (χ0n) is 11.3. The van der Waals surface area contributed by atoms with Crippen LogP contribution in [0.3, 0.4) is 0 Å². The second-order valence-electron chi connectivity index (χ2n) is 5.88. The van der Waals surface area contributed by atoms with Crippen LogP contribution in [0.1, 0.15) is 46.5 Å². The second kappa shape index (κ2) is 5.38. The molecule has 5 heteroatoms. The van der Waals surface area contributed by atoms with Crippen molar-refractivity contribution in [3.05, 3.63) is 0 Å². The van der Waals surface area contributed by atoms with Crippen LogP contribution < -0.4 is 10.6 Å². The first-order valence-electron chi connectivity index (χ1n) is 6.30. The van der Waals surface area contributed by atoms with E-state index in [1.807, 2.05) is 0 Å². The van der Waals surface area contributed by atoms with Crippen molar-refractivity contribution in [1.29, 1.82) is 5.26 Å². The highest BCUT2D eigenvalue weighted by Gasteiger charge is 2.35. The van der Waals surface area contributed by atoms with E-state index in [0.717, 1.165) is 12.8 Å². The van der Waals surface area contributed by atoms with Gasteiger partial charge in [-0.1, -0.05) is 20.8 Å². The standard InChI is InChI=1S/C13H21N3O2/c1-12(2,3)11(18)15-8-10(17)16-13(9-14)6-4-5-7-13/h4-8H2,1-3H3,(H,15,18)(H,16,17). The van der Waals surface area contributed by atoms with Crippen molar-refractivity contribution in [2.24, 2.45) is 5.41 Å². The van der Waals surface area contributed by atoms with Crippen molar-refractivity contribution >= 4 is 11.8 Å². The van der Waals surface area contributed by atoms with Gasteiger partial charge in [-0.2, -0.15) is 5.26 Å². The Kier molecular flexibility index (Phi) is 4.33. The Morgan fingerprint density at radius 1 is 1.28 bits per heavy atom. The SMILES string of the molecule is CC(C)(C)C(=O)NCC(=O)NC1(C#N)CCCC1. The quantitative estimate of drug-likeness (QED) is 0.788. The Bertz CT molecular complexity index is 371. The number of hydrogen-bond acceptors (Lipinski definition) is 3. The first-order chi connectivity index (χ1) is 8.29. The van der Waals surface area contributed by atoms with Crippen LogP contribution in [-0.4, -0.2) is 23.9 Å². The van der Waals surface area contributed by atoms with E-state index < -0.39 is 11.0 Å². The predicted octanol–water partition coefficient (Wildman–Crippen LogP) is 1.10. The molecule has 0 aromatic heterocycles. The minimum atomic E-state index is -0.719. The van der Waals surface area contributed by atoms with Crippen molar-refractivity contribution in [2.45, 2.75) is 52.0 Å². The largest absolute Gasteiger partial charge is 0.347 e. The molecule has 2 amide bonds. The molecule has 0 saturated heterocycles. The second-order valence-corrected chi connectivity index (χ2v) is 5.88. The van der Waals surface area contributed by atoms with E-state index >= 15 is 0 Å². The van der Waals surface area contributed by atoms with Gasteiger partial charge >= 0.3 is 0 Å². The van der Waals surface area contributed by atoms with Gasteiger partial charge in [0.15, 0.2) is 0 Å². The number of amides is 2. The Morgan fingerprint density at radius 3 is 2.28 bits per heavy atom. The molecule has 5 nitrogen and oxygen atoms in total. The number of nitrogens with zero attached hydrogens (tertiary/aromatic N) is 1. The number of hydrogen-bond donors (Lipinski definition) is 2. The molecule has 0 radical (unpaired) electrons. The smallest absolute Gasteiger partial charge is 0.240 e. The fraction of sp³-hybridized carbons (Fsp3) is 0.769. The summed E-state index contributed by atoms with van der Waals surface area (Å²) in [6, 6.07) is 2.18. The fourth-order valence-corrected chi connectivity index (χ4v) is 1.98. The Morgan fingerprint density at radius 2 is 1.83 bits per heavy atom. The lowest BCUT2D eigenvalue weighted by atomic mass is 9.96. The summed E-state index contributed by atoms with van der Waals surface area (Å²) in [7, 11) is 0. The van der Waals surface area contributed by atoms with Gasteiger partial charge in [0.2, 0.25) is 11.8 Å². The van der Waals surface area contributed by atoms with Gasteiger partial charge in [0, 0.05) is 5.41 Å². The normalized spacial score (nSPS) is 17.9. The summed E-state index contributed by atoms with van der Waals surface area (Å²) < 4.78 is 0. The zero-order chi connectivity index (χ0) is 13.8. The maximum atomic E-state index is 11.7. The molecule has 0 aromatic carbocycles. The molecule has 1 fully saturated rings. The van der Waals surface area contributed by atoms with E-state index in [9.17, 15) is 9.59 Å². The zero-order valence-corrected chi connectivity index (χ0v) is 11.3. The molecule has 0 atom stereocenters. The lowest BCUT2D eigenvalue weighted by molar-refractivity contribution is -0.131. The average Bonchev–Trinajstić information content (AvgIpc) is 2.73. The third-order valence-electron chi connectivity index (χ3n) is 3.14. The maximum Gasteiger partial charge on any atom is 0.240 e. The van der Waals surface area contributed by atoms with Crippen molar-refractivity contribution < 1.29 is 9.59 Å². The number of carbonyl (C=O) groups excluding carboxylic acids is 2. The maximum absolute atomic E-state index is 11.7. The highest BCUT2D eigenvalue weighted by atomic mass is 16.2. The third kappa shape index (κ3) is 3.73. The van der Waals surface area contributed by atoms with Crippen LogP contribution in [0.4, 0.5) is 0 Å². The molecule has 0 aromatic rings. The minimum Gasteiger partial charge on any atom is -0.347 e. The average molecular weight is 251 g/mol. The molecule has 100 valence electrons. The summed E-state index contributed by atoms with van der Waals surface area (Å²) in [5, 5.41) is 14.4. The molecule has 1 aliphatic rings. The summed E-state index contributed by atoms with van der Waals surface area (Å²) in [5.41, 5.74) is -1.23. The highest BCUT2D eigenvalue weighted by Crippen LogP contribution is 2.28. The van der Waals surface area contributed by atoms with Crippen LogP contribution in [0, 0.1) is 16.7 Å². The third-order valence-corrected chi connectivity index (χ3v) is 3.14. The van der Waals surface area contributed by atoms with Crippen LogP contribution in [0.15, 0.2) is 0 Å². The molecule has 1 rings (SSSR count). The minimum absolute atomic E-state index is 0.0699. The van der Waals surface area contributed by atoms with E-state index in [2.05, 4.69) is 16.7 Å². The van der Waals surface area contributed by atoms with Crippen LogP contribution in [0.5, 0.6) is 0 Å². The lowest BCUT2D eigenvalue weighted by Crippen LogP contribution is -2.50. The molecule has 1 saturated carbocycles. The summed E-state index contributed by atoms with van der Waals surface area (Å²) in [4.78, 5) is 23.3. The molecule has 0 aliphatic heterocycles. The van der Waals surface area contributed by atoms with Crippen molar-refractivity contribution in [1.82, 2.24) is 10.6 Å². The monoisotopic (exact) mass is 251 g/mol. The van der Waals surface area contributed by atoms with Gasteiger partial charge in [-0.15, -0.1) is 0 Å². The molecule has 2 N–H and O–H groups in total. The van der Waals surface area contributed by atoms with Gasteiger partial charge in [-0.05, 0) is 25.7 Å². The summed E-state index contributed by atoms with van der Waals surface area (Å²) in [6.07, 6.45) is 3.31. The van der Waals surface area contributed by atoms with E-state index in [0.29, 0.717) is 12.8 Å². The van der Waals surface area contributed by atoms with Crippen LogP contribution in [-0.2, 0) is 9.59 Å². The number of nitrogens with one attached hydrogen (secondary N) is 2. The molecule has 1 aliphatic carbocycles. The van der Waals surface area contributed by atoms with E-state index in [1.54, 1.807) is 20.8 Å². The Labute approximate surface area is 108 Å². The van der Waals surface area contributed by atoms with Gasteiger partial charge in [-0.3, -0.25) is 9.59 Å². The number of rotatable bonds is 3. The predicted molar refractivity (Wildman–Crippen MR) is 67.4 cm³/mol. The van der Waals surface area contributed by atoms with Crippen LogP contribution >= 0.6 is 0 Å². The van der Waals surface area contributed by atoms with Gasteiger partial charge < -0.3 is 10.6 Å². The van der Waals surface area contributed by atoms with Crippen molar-refractivity contribution in [3.63, 3.8) is 0 Å². The Hall–Kier alpha value is -1.57. The molecular formula is C13H21N3O2. The van der Waals surface area contributed by atoms with Gasteiger partial charge in [0.05, 0.1) is 12.6 Å². The first kappa shape index (κ1) is 14.5. The molecule has 0 unspecified atom stereocenters. The van der Waals surface area contributed by atoms with Crippen molar-refractivity contribution in [2.75, 3.05) is 6.54 Å². The van der Waals surface area contributed by atoms with Gasteiger partial charge in [-0.25, -0.2) is 0 Å². The molecule has 0 bridgehead atoms. The summed E-state index contributed by atoms with van der Waals surface area (Å²) >= 11 is 0. The lowest BCUT2D eigenvalue weighted by Gasteiger charge is -2.23. The topological polar surface area (TPSA) is 82.0 Å². The number of nitriles is 1. The van der Waals surface area contributed by atoms with Crippen LogP contribution in [0.2, 0.25) is 0 Å². The van der Waals surface area contributed by atoms with Crippen molar-refractivity contribution in [3.8, 4) is 6.07 Å². The number of carbonyl (C=O) groups is 2. The van der Waals surface area contributed by atoms with Crippen LogP contribution in [0.25, 0.3) is 0 Å². The van der Waals surface area contributed by atoms with E-state index in [4.69, 9.17) is 5.26 Å². The van der Waals surface area contributed by atoms with E-state index in [1.165, 1.54) is 0 Å². The van der Waals surface area contributed by atoms with Gasteiger partial charge in [0.1, 0.15) is 5.54 Å². The molecule has 0 spiro atoms. The molecule has 18 heavy (non-hydrogen) atoms. The summed E-state index contributed by atoms with van der Waals surface area (Å²) in [6.45, 7) is 5.29. The molecular weight excluding hydrogens is 230 g/mol. The molecule has 0 heterocycles. The fourth-order valence-electron chi connectivity index (χ4n) is 1.98. The van der Waals surface area contributed by atoms with Gasteiger partial charge in [0.25, 0.3) is 0 Å². The first-order valence-corrected chi connectivity index (χ1v) is 6.30. The van der Waals surface area contributed by atoms with E-state index in [-0.39, 0.29) is 18.4 Å². The highest BCUT2D eigenvalue weighted by molar-refractivity contribution is 5.87. The Balaban J connectivity index is 2.43. The summed E-state index contributed by atoms with van der Waals surface area (Å²) in [5.74, 6) is -0.467.